The monoisotopic (exact) mass is 280 g/mol. The van der Waals surface area contributed by atoms with Crippen molar-refractivity contribution in [2.45, 2.75) is 33.4 Å². The maximum atomic E-state index is 5.74. The molecule has 0 saturated heterocycles. The Kier molecular flexibility index (Phi) is 5.76. The van der Waals surface area contributed by atoms with Crippen LogP contribution in [0, 0.1) is 5.92 Å². The zero-order valence-electron chi connectivity index (χ0n) is 12.4. The summed E-state index contributed by atoms with van der Waals surface area (Å²) in [5, 5.41) is 0. The fourth-order valence-electron chi connectivity index (χ4n) is 1.99. The van der Waals surface area contributed by atoms with Gasteiger partial charge in [-0.15, -0.1) is 0 Å². The Morgan fingerprint density at radius 3 is 2.47 bits per heavy atom. The van der Waals surface area contributed by atoms with Gasteiger partial charge in [-0.05, 0) is 37.6 Å². The van der Waals surface area contributed by atoms with Crippen molar-refractivity contribution in [3.05, 3.63) is 29.3 Å². The number of methoxy groups -OCH3 is 1. The molecule has 106 valence electrons. The minimum Gasteiger partial charge on any atom is -0.496 e. The molecule has 0 heterocycles. The fourth-order valence-corrected chi connectivity index (χ4v) is 2.15. The van der Waals surface area contributed by atoms with E-state index in [1.807, 2.05) is 12.1 Å². The summed E-state index contributed by atoms with van der Waals surface area (Å²) in [6, 6.07) is 6.53. The normalized spacial score (nSPS) is 12.8. The lowest BCUT2D eigenvalue weighted by atomic mass is 10.0. The maximum Gasteiger partial charge on any atom is 0.129 e. The molecule has 0 amide bonds. The molecule has 2 N–H and O–H groups in total. The first-order valence-corrected chi connectivity index (χ1v) is 6.94. The molecule has 3 nitrogen and oxygen atoms in total. The number of nitrogens with two attached hydrogens (primary N) is 1. The average Bonchev–Trinajstić information content (AvgIpc) is 2.37. The highest BCUT2D eigenvalue weighted by atomic mass is 32.1. The van der Waals surface area contributed by atoms with Gasteiger partial charge >= 0.3 is 0 Å². The topological polar surface area (TPSA) is 38.5 Å². The number of benzene rings is 1. The predicted octanol–water partition coefficient (Wildman–Crippen LogP) is 2.81. The minimum absolute atomic E-state index is 0.373. The number of rotatable bonds is 6. The molecule has 19 heavy (non-hydrogen) atoms. The van der Waals surface area contributed by atoms with Crippen molar-refractivity contribution in [2.24, 2.45) is 11.7 Å². The summed E-state index contributed by atoms with van der Waals surface area (Å²) in [6.07, 6.45) is 0. The molecular formula is C15H24N2OS. The fraction of sp³-hybridized carbons (Fsp3) is 0.533. The number of thiocarbonyl (C=S) groups is 1. The molecule has 4 heteroatoms. The van der Waals surface area contributed by atoms with Gasteiger partial charge < -0.3 is 10.5 Å². The van der Waals surface area contributed by atoms with Gasteiger partial charge in [-0.25, -0.2) is 0 Å². The van der Waals surface area contributed by atoms with Crippen LogP contribution in [0.2, 0.25) is 0 Å². The molecule has 0 spiro atoms. The molecule has 0 saturated carbocycles. The molecule has 1 rings (SSSR count). The molecule has 0 fully saturated rings. The molecule has 0 radical (unpaired) electrons. The molecule has 1 atom stereocenters. The molecule has 1 unspecified atom stereocenters. The Morgan fingerprint density at radius 1 is 1.37 bits per heavy atom. The Hall–Kier alpha value is -1.13. The van der Waals surface area contributed by atoms with Crippen LogP contribution in [-0.2, 0) is 6.54 Å². The zero-order valence-corrected chi connectivity index (χ0v) is 13.3. The summed E-state index contributed by atoms with van der Waals surface area (Å²) in [4.78, 5) is 2.70. The maximum absolute atomic E-state index is 5.74. The summed E-state index contributed by atoms with van der Waals surface area (Å²) >= 11 is 5.07. The van der Waals surface area contributed by atoms with Crippen LogP contribution in [0.25, 0.3) is 0 Å². The molecule has 0 aliphatic heterocycles. The second-order valence-electron chi connectivity index (χ2n) is 5.30. The van der Waals surface area contributed by atoms with Crippen molar-refractivity contribution >= 4 is 17.2 Å². The molecule has 1 aromatic rings. The quantitative estimate of drug-likeness (QED) is 0.813. The standard InChI is InChI=1S/C15H24N2OS/c1-10(2)11(3)17(4)9-12-6-7-14(18-5)13(8-12)15(16)19/h6-8,10-11H,9H2,1-5H3,(H2,16,19). The van der Waals surface area contributed by atoms with Crippen LogP contribution in [0.3, 0.4) is 0 Å². The van der Waals surface area contributed by atoms with Crippen molar-refractivity contribution < 1.29 is 4.74 Å². The lowest BCUT2D eigenvalue weighted by Crippen LogP contribution is -2.32. The highest BCUT2D eigenvalue weighted by Crippen LogP contribution is 2.21. The van der Waals surface area contributed by atoms with Crippen molar-refractivity contribution in [2.75, 3.05) is 14.2 Å². The summed E-state index contributed by atoms with van der Waals surface area (Å²) < 4.78 is 5.27. The zero-order chi connectivity index (χ0) is 14.6. The number of hydrogen-bond acceptors (Lipinski definition) is 3. The minimum atomic E-state index is 0.373. The van der Waals surface area contributed by atoms with E-state index in [0.29, 0.717) is 16.9 Å². The highest BCUT2D eigenvalue weighted by Gasteiger charge is 2.14. The summed E-state index contributed by atoms with van der Waals surface area (Å²) in [7, 11) is 3.76. The van der Waals surface area contributed by atoms with Gasteiger partial charge in [-0.3, -0.25) is 4.90 Å². The Bertz CT molecular complexity index is 446. The Labute approximate surface area is 121 Å². The van der Waals surface area contributed by atoms with Crippen molar-refractivity contribution in [3.63, 3.8) is 0 Å². The first-order valence-electron chi connectivity index (χ1n) is 6.53. The lowest BCUT2D eigenvalue weighted by molar-refractivity contribution is 0.200. The Balaban J connectivity index is 2.91. The summed E-state index contributed by atoms with van der Waals surface area (Å²) in [5.74, 6) is 1.36. The predicted molar refractivity (Wildman–Crippen MR) is 84.6 cm³/mol. The van der Waals surface area contributed by atoms with E-state index in [1.54, 1.807) is 7.11 Å². The third-order valence-corrected chi connectivity index (χ3v) is 3.84. The van der Waals surface area contributed by atoms with Crippen LogP contribution in [0.15, 0.2) is 18.2 Å². The number of nitrogens with zero attached hydrogens (tertiary/aromatic N) is 1. The van der Waals surface area contributed by atoms with Crippen molar-refractivity contribution in [1.82, 2.24) is 4.90 Å². The van der Waals surface area contributed by atoms with Crippen LogP contribution < -0.4 is 10.5 Å². The van der Waals surface area contributed by atoms with E-state index in [-0.39, 0.29) is 0 Å². The smallest absolute Gasteiger partial charge is 0.129 e. The van der Waals surface area contributed by atoms with Gasteiger partial charge in [-0.1, -0.05) is 32.1 Å². The highest BCUT2D eigenvalue weighted by molar-refractivity contribution is 7.80. The molecular weight excluding hydrogens is 256 g/mol. The van der Waals surface area contributed by atoms with Crippen LogP contribution in [0.1, 0.15) is 31.9 Å². The van der Waals surface area contributed by atoms with Gasteiger partial charge in [0, 0.05) is 12.6 Å². The van der Waals surface area contributed by atoms with Gasteiger partial charge in [0.05, 0.1) is 12.7 Å². The van der Waals surface area contributed by atoms with Gasteiger partial charge in [-0.2, -0.15) is 0 Å². The van der Waals surface area contributed by atoms with E-state index in [9.17, 15) is 0 Å². The second kappa shape index (κ2) is 6.87. The molecule has 0 aliphatic rings. The molecule has 0 aromatic heterocycles. The lowest BCUT2D eigenvalue weighted by Gasteiger charge is -2.28. The van der Waals surface area contributed by atoms with Crippen LogP contribution in [-0.4, -0.2) is 30.1 Å². The molecule has 1 aromatic carbocycles. The van der Waals surface area contributed by atoms with Gasteiger partial charge in [0.15, 0.2) is 0 Å². The average molecular weight is 280 g/mol. The largest absolute Gasteiger partial charge is 0.496 e. The molecule has 0 aliphatic carbocycles. The SMILES string of the molecule is COc1ccc(CN(C)C(C)C(C)C)cc1C(N)=S. The third kappa shape index (κ3) is 4.18. The Morgan fingerprint density at radius 2 is 2.00 bits per heavy atom. The number of hydrogen-bond donors (Lipinski definition) is 1. The van der Waals surface area contributed by atoms with E-state index in [1.165, 1.54) is 5.56 Å². The van der Waals surface area contributed by atoms with E-state index in [4.69, 9.17) is 22.7 Å². The number of ether oxygens (including phenoxy) is 1. The summed E-state index contributed by atoms with van der Waals surface area (Å²) in [6.45, 7) is 7.58. The second-order valence-corrected chi connectivity index (χ2v) is 5.74. The third-order valence-electron chi connectivity index (χ3n) is 3.62. The van der Waals surface area contributed by atoms with E-state index >= 15 is 0 Å². The van der Waals surface area contributed by atoms with Crippen molar-refractivity contribution in [3.8, 4) is 5.75 Å². The van der Waals surface area contributed by atoms with Crippen LogP contribution in [0.5, 0.6) is 5.75 Å². The van der Waals surface area contributed by atoms with E-state index in [0.717, 1.165) is 17.9 Å². The van der Waals surface area contributed by atoms with Crippen LogP contribution in [0.4, 0.5) is 0 Å². The van der Waals surface area contributed by atoms with E-state index in [2.05, 4.69) is 38.8 Å². The van der Waals surface area contributed by atoms with E-state index < -0.39 is 0 Å². The first-order chi connectivity index (χ1) is 8.86. The molecule has 0 bridgehead atoms. The van der Waals surface area contributed by atoms with Gasteiger partial charge in [0.1, 0.15) is 10.7 Å². The first kappa shape index (κ1) is 15.9. The van der Waals surface area contributed by atoms with Gasteiger partial charge in [0.2, 0.25) is 0 Å². The summed E-state index contributed by atoms with van der Waals surface area (Å²) in [5.41, 5.74) is 7.73. The van der Waals surface area contributed by atoms with Crippen LogP contribution >= 0.6 is 12.2 Å². The van der Waals surface area contributed by atoms with Crippen molar-refractivity contribution in [1.29, 1.82) is 0 Å². The van der Waals surface area contributed by atoms with Gasteiger partial charge in [0.25, 0.3) is 0 Å².